The summed E-state index contributed by atoms with van der Waals surface area (Å²) < 4.78 is 28.2. The Bertz CT molecular complexity index is 698. The molecule has 0 amide bonds. The number of nitrogens with one attached hydrogen (secondary N) is 1. The number of hydrogen-bond donors (Lipinski definition) is 1. The number of rotatable bonds is 4. The van der Waals surface area contributed by atoms with Crippen LogP contribution in [0, 0.1) is 6.92 Å². The quantitative estimate of drug-likeness (QED) is 0.923. The Morgan fingerprint density at radius 2 is 2.05 bits per heavy atom. The van der Waals surface area contributed by atoms with E-state index < -0.39 is 10.0 Å². The second-order valence-corrected chi connectivity index (χ2v) is 5.70. The summed E-state index contributed by atoms with van der Waals surface area (Å²) >= 11 is 5.76. The summed E-state index contributed by atoms with van der Waals surface area (Å²) in [5.74, 6) is 0.598. The lowest BCUT2D eigenvalue weighted by Crippen LogP contribution is -2.15. The van der Waals surface area contributed by atoms with Crippen LogP contribution in [0.15, 0.2) is 23.6 Å². The third-order valence-electron chi connectivity index (χ3n) is 2.45. The second-order valence-electron chi connectivity index (χ2n) is 3.71. The highest BCUT2D eigenvalue weighted by Crippen LogP contribution is 2.19. The lowest BCUT2D eigenvalue weighted by Gasteiger charge is -2.05. The smallest absolute Gasteiger partial charge is 0.282 e. The molecule has 0 radical (unpaired) electrons. The number of aromatic nitrogens is 4. The molecule has 0 saturated heterocycles. The number of hydrogen-bond acceptors (Lipinski definition) is 5. The van der Waals surface area contributed by atoms with Gasteiger partial charge in [0.25, 0.3) is 10.0 Å². The molecule has 0 unspecified atom stereocenters. The van der Waals surface area contributed by atoms with Crippen LogP contribution in [-0.4, -0.2) is 27.9 Å². The molecule has 9 heteroatoms. The summed E-state index contributed by atoms with van der Waals surface area (Å²) in [6, 6.07) is 0. The molecule has 2 heterocycles. The topological polar surface area (TPSA) is 89.8 Å². The van der Waals surface area contributed by atoms with Crippen molar-refractivity contribution in [2.75, 3.05) is 4.72 Å². The van der Waals surface area contributed by atoms with E-state index >= 15 is 0 Å². The molecule has 2 rings (SSSR count). The fourth-order valence-corrected chi connectivity index (χ4v) is 2.73. The maximum Gasteiger partial charge on any atom is 0.282 e. The van der Waals surface area contributed by atoms with Gasteiger partial charge in [-0.1, -0.05) is 11.6 Å². The average molecular weight is 302 g/mol. The first-order valence-corrected chi connectivity index (χ1v) is 7.33. The lowest BCUT2D eigenvalue weighted by atomic mass is 10.6. The largest absolute Gasteiger partial charge is 0.334 e. The van der Waals surface area contributed by atoms with Crippen molar-refractivity contribution in [2.45, 2.75) is 25.4 Å². The number of aryl methyl sites for hydroxylation is 2. The molecular weight excluding hydrogens is 290 g/mol. The highest BCUT2D eigenvalue weighted by molar-refractivity contribution is 7.92. The molecule has 0 saturated carbocycles. The van der Waals surface area contributed by atoms with Gasteiger partial charge in [-0.05, 0) is 13.8 Å². The maximum atomic E-state index is 12.1. The zero-order valence-corrected chi connectivity index (χ0v) is 11.9. The van der Waals surface area contributed by atoms with Gasteiger partial charge in [-0.3, -0.25) is 4.72 Å². The SMILES string of the molecule is CCn1cc(S(=O)(=O)Nc2nccnc2Cl)nc1C. The Hall–Kier alpha value is -1.67. The van der Waals surface area contributed by atoms with Gasteiger partial charge in [0.05, 0.1) is 0 Å². The van der Waals surface area contributed by atoms with Crippen LogP contribution >= 0.6 is 11.6 Å². The molecule has 0 bridgehead atoms. The van der Waals surface area contributed by atoms with Crippen molar-refractivity contribution in [3.63, 3.8) is 0 Å². The van der Waals surface area contributed by atoms with Gasteiger partial charge in [-0.15, -0.1) is 0 Å². The van der Waals surface area contributed by atoms with E-state index in [1.807, 2.05) is 6.92 Å². The van der Waals surface area contributed by atoms with Crippen molar-refractivity contribution in [3.05, 3.63) is 29.6 Å². The maximum absolute atomic E-state index is 12.1. The van der Waals surface area contributed by atoms with Gasteiger partial charge in [0.15, 0.2) is 16.0 Å². The Morgan fingerprint density at radius 1 is 1.37 bits per heavy atom. The van der Waals surface area contributed by atoms with Gasteiger partial charge in [-0.25, -0.2) is 15.0 Å². The van der Waals surface area contributed by atoms with Crippen molar-refractivity contribution in [2.24, 2.45) is 0 Å². The monoisotopic (exact) mass is 301 g/mol. The first-order valence-electron chi connectivity index (χ1n) is 5.47. The molecule has 0 atom stereocenters. The molecule has 0 aliphatic carbocycles. The van der Waals surface area contributed by atoms with Gasteiger partial charge < -0.3 is 4.57 Å². The highest BCUT2D eigenvalue weighted by atomic mass is 35.5. The lowest BCUT2D eigenvalue weighted by molar-refractivity contribution is 0.597. The Labute approximate surface area is 115 Å². The average Bonchev–Trinajstić information content (AvgIpc) is 2.74. The molecule has 19 heavy (non-hydrogen) atoms. The third kappa shape index (κ3) is 2.85. The van der Waals surface area contributed by atoms with Crippen LogP contribution in [0.25, 0.3) is 0 Å². The molecular formula is C10H12ClN5O2S. The van der Waals surface area contributed by atoms with Gasteiger partial charge in [0, 0.05) is 25.1 Å². The van der Waals surface area contributed by atoms with E-state index in [9.17, 15) is 8.42 Å². The molecule has 0 aliphatic heterocycles. The molecule has 0 spiro atoms. The minimum absolute atomic E-state index is 0.0160. The predicted octanol–water partition coefficient (Wildman–Crippen LogP) is 1.46. The number of sulfonamides is 1. The summed E-state index contributed by atoms with van der Waals surface area (Å²) in [5, 5.41) is -0.0914. The normalized spacial score (nSPS) is 11.5. The van der Waals surface area contributed by atoms with E-state index in [0.717, 1.165) is 0 Å². The minimum Gasteiger partial charge on any atom is -0.334 e. The van der Waals surface area contributed by atoms with Crippen LogP contribution in [0.4, 0.5) is 5.82 Å². The minimum atomic E-state index is -3.82. The fourth-order valence-electron chi connectivity index (χ4n) is 1.50. The van der Waals surface area contributed by atoms with Crippen LogP contribution in [0.2, 0.25) is 5.15 Å². The summed E-state index contributed by atoms with van der Waals surface area (Å²) in [6.07, 6.45) is 4.18. The van der Waals surface area contributed by atoms with E-state index in [2.05, 4.69) is 19.7 Å². The summed E-state index contributed by atoms with van der Waals surface area (Å²) in [5.41, 5.74) is 0. The van der Waals surface area contributed by atoms with Gasteiger partial charge in [-0.2, -0.15) is 8.42 Å². The zero-order valence-electron chi connectivity index (χ0n) is 10.3. The first kappa shape index (κ1) is 13.8. The molecule has 1 N–H and O–H groups in total. The van der Waals surface area contributed by atoms with Crippen LogP contribution in [-0.2, 0) is 16.6 Å². The first-order chi connectivity index (χ1) is 8.94. The number of halogens is 1. The molecule has 2 aromatic heterocycles. The Kier molecular flexibility index (Phi) is 3.72. The Morgan fingerprint density at radius 3 is 2.63 bits per heavy atom. The van der Waals surface area contributed by atoms with E-state index in [1.54, 1.807) is 11.5 Å². The van der Waals surface area contributed by atoms with Crippen LogP contribution in [0.1, 0.15) is 12.7 Å². The standard InChI is InChI=1S/C10H12ClN5O2S/c1-3-16-6-8(14-7(16)2)19(17,18)15-10-9(11)12-4-5-13-10/h4-6H,3H2,1-2H3,(H,13,15). The van der Waals surface area contributed by atoms with Gasteiger partial charge in [0.2, 0.25) is 0 Å². The molecule has 102 valence electrons. The van der Waals surface area contributed by atoms with Gasteiger partial charge >= 0.3 is 0 Å². The second kappa shape index (κ2) is 5.14. The van der Waals surface area contributed by atoms with E-state index in [-0.39, 0.29) is 16.0 Å². The zero-order chi connectivity index (χ0) is 14.0. The number of anilines is 1. The summed E-state index contributed by atoms with van der Waals surface area (Å²) in [4.78, 5) is 11.6. The van der Waals surface area contributed by atoms with Crippen molar-refractivity contribution < 1.29 is 8.42 Å². The number of nitrogens with zero attached hydrogens (tertiary/aromatic N) is 4. The molecule has 2 aromatic rings. The highest BCUT2D eigenvalue weighted by Gasteiger charge is 2.20. The summed E-state index contributed by atoms with van der Waals surface area (Å²) in [7, 11) is -3.82. The predicted molar refractivity (Wildman–Crippen MR) is 70.5 cm³/mol. The van der Waals surface area contributed by atoms with Crippen molar-refractivity contribution in [3.8, 4) is 0 Å². The van der Waals surface area contributed by atoms with Crippen LogP contribution < -0.4 is 4.72 Å². The van der Waals surface area contributed by atoms with Crippen LogP contribution in [0.5, 0.6) is 0 Å². The van der Waals surface area contributed by atoms with E-state index in [0.29, 0.717) is 12.4 Å². The van der Waals surface area contributed by atoms with E-state index in [4.69, 9.17) is 11.6 Å². The molecule has 7 nitrogen and oxygen atoms in total. The molecule has 0 aromatic carbocycles. The van der Waals surface area contributed by atoms with Crippen LogP contribution in [0.3, 0.4) is 0 Å². The molecule has 0 aliphatic rings. The van der Waals surface area contributed by atoms with E-state index in [1.165, 1.54) is 18.6 Å². The van der Waals surface area contributed by atoms with Crippen molar-refractivity contribution >= 4 is 27.4 Å². The van der Waals surface area contributed by atoms with Crippen molar-refractivity contribution in [1.82, 2.24) is 19.5 Å². The third-order valence-corrected chi connectivity index (χ3v) is 3.94. The molecule has 0 fully saturated rings. The van der Waals surface area contributed by atoms with Gasteiger partial charge in [0.1, 0.15) is 5.82 Å². The summed E-state index contributed by atoms with van der Waals surface area (Å²) in [6.45, 7) is 4.27. The Balaban J connectivity index is 2.35. The fraction of sp³-hybridized carbons (Fsp3) is 0.300. The van der Waals surface area contributed by atoms with Crippen molar-refractivity contribution in [1.29, 1.82) is 0 Å². The number of imidazole rings is 1.